The van der Waals surface area contributed by atoms with Gasteiger partial charge in [0, 0.05) is 19.0 Å². The molecule has 1 fully saturated rings. The van der Waals surface area contributed by atoms with Crippen LogP contribution >= 0.6 is 0 Å². The monoisotopic (exact) mass is 213 g/mol. The Bertz CT molecular complexity index is 237. The fourth-order valence-corrected chi connectivity index (χ4v) is 1.21. The van der Waals surface area contributed by atoms with Gasteiger partial charge in [-0.2, -0.15) is 0 Å². The molecule has 1 heterocycles. The lowest BCUT2D eigenvalue weighted by molar-refractivity contribution is -0.126. The van der Waals surface area contributed by atoms with Gasteiger partial charge in [-0.3, -0.25) is 9.59 Å². The van der Waals surface area contributed by atoms with Crippen LogP contribution in [0.2, 0.25) is 0 Å². The van der Waals surface area contributed by atoms with Crippen LogP contribution in [0.4, 0.5) is 0 Å². The molecule has 5 nitrogen and oxygen atoms in total. The second kappa shape index (κ2) is 5.70. The van der Waals surface area contributed by atoms with E-state index in [2.05, 4.69) is 16.0 Å². The van der Waals surface area contributed by atoms with Crippen LogP contribution in [0.3, 0.4) is 0 Å². The largest absolute Gasteiger partial charge is 0.354 e. The summed E-state index contributed by atoms with van der Waals surface area (Å²) in [6.07, 6.45) is 0.907. The van der Waals surface area contributed by atoms with E-state index in [0.717, 1.165) is 13.0 Å². The zero-order valence-electron chi connectivity index (χ0n) is 9.30. The van der Waals surface area contributed by atoms with Crippen molar-refractivity contribution in [2.24, 2.45) is 5.92 Å². The predicted octanol–water partition coefficient (Wildman–Crippen LogP) is -0.763. The molecule has 0 bridgehead atoms. The third-order valence-corrected chi connectivity index (χ3v) is 2.39. The Labute approximate surface area is 90.0 Å². The van der Waals surface area contributed by atoms with Crippen molar-refractivity contribution in [1.82, 2.24) is 16.0 Å². The summed E-state index contributed by atoms with van der Waals surface area (Å²) in [5, 5.41) is 8.51. The first-order chi connectivity index (χ1) is 7.11. The van der Waals surface area contributed by atoms with Crippen molar-refractivity contribution in [1.29, 1.82) is 0 Å². The summed E-state index contributed by atoms with van der Waals surface area (Å²) >= 11 is 0. The van der Waals surface area contributed by atoms with Crippen molar-refractivity contribution in [3.8, 4) is 0 Å². The van der Waals surface area contributed by atoms with E-state index in [-0.39, 0.29) is 23.8 Å². The lowest BCUT2D eigenvalue weighted by Crippen LogP contribution is -2.54. The summed E-state index contributed by atoms with van der Waals surface area (Å²) in [6, 6.07) is -0.0224. The van der Waals surface area contributed by atoms with Crippen molar-refractivity contribution < 1.29 is 9.59 Å². The minimum atomic E-state index is -0.0224. The maximum absolute atomic E-state index is 11.3. The zero-order valence-corrected chi connectivity index (χ0v) is 9.30. The zero-order chi connectivity index (χ0) is 11.3. The standard InChI is InChI=1S/C10H19N3O2/c1-7(2)9(14)12-5-6-13-10(15)8-3-4-11-8/h7-8,11H,3-6H2,1-2H3,(H,12,14)(H,13,15)/t8-/m1/s1. The molecule has 2 amide bonds. The van der Waals surface area contributed by atoms with E-state index < -0.39 is 0 Å². The van der Waals surface area contributed by atoms with E-state index in [1.165, 1.54) is 0 Å². The van der Waals surface area contributed by atoms with Gasteiger partial charge in [-0.15, -0.1) is 0 Å². The number of hydrogen-bond acceptors (Lipinski definition) is 3. The van der Waals surface area contributed by atoms with Gasteiger partial charge in [0.05, 0.1) is 6.04 Å². The summed E-state index contributed by atoms with van der Waals surface area (Å²) in [4.78, 5) is 22.5. The SMILES string of the molecule is CC(C)C(=O)NCCNC(=O)[C@H]1CCN1. The molecule has 0 aliphatic carbocycles. The van der Waals surface area contributed by atoms with E-state index in [0.29, 0.717) is 13.1 Å². The van der Waals surface area contributed by atoms with Crippen molar-refractivity contribution in [3.63, 3.8) is 0 Å². The highest BCUT2D eigenvalue weighted by atomic mass is 16.2. The fraction of sp³-hybridized carbons (Fsp3) is 0.800. The first-order valence-corrected chi connectivity index (χ1v) is 5.40. The maximum atomic E-state index is 11.3. The average molecular weight is 213 g/mol. The minimum Gasteiger partial charge on any atom is -0.354 e. The van der Waals surface area contributed by atoms with Gasteiger partial charge < -0.3 is 16.0 Å². The van der Waals surface area contributed by atoms with Crippen molar-refractivity contribution in [2.45, 2.75) is 26.3 Å². The topological polar surface area (TPSA) is 70.2 Å². The fourth-order valence-electron chi connectivity index (χ4n) is 1.21. The molecule has 0 saturated carbocycles. The van der Waals surface area contributed by atoms with Crippen LogP contribution in [0.5, 0.6) is 0 Å². The summed E-state index contributed by atoms with van der Waals surface area (Å²) < 4.78 is 0. The molecule has 1 rings (SSSR count). The molecule has 3 N–H and O–H groups in total. The van der Waals surface area contributed by atoms with Crippen LogP contribution in [0.15, 0.2) is 0 Å². The van der Waals surface area contributed by atoms with E-state index in [1.807, 2.05) is 13.8 Å². The van der Waals surface area contributed by atoms with Crippen LogP contribution in [-0.4, -0.2) is 37.5 Å². The second-order valence-electron chi connectivity index (χ2n) is 4.03. The van der Waals surface area contributed by atoms with Crippen LogP contribution < -0.4 is 16.0 Å². The molecule has 0 spiro atoms. The molecule has 0 radical (unpaired) electrons. The van der Waals surface area contributed by atoms with Crippen molar-refractivity contribution >= 4 is 11.8 Å². The molecule has 0 aromatic carbocycles. The van der Waals surface area contributed by atoms with E-state index in [9.17, 15) is 9.59 Å². The Morgan fingerprint density at radius 3 is 2.40 bits per heavy atom. The third-order valence-electron chi connectivity index (χ3n) is 2.39. The highest BCUT2D eigenvalue weighted by molar-refractivity contribution is 5.82. The first kappa shape index (κ1) is 12.0. The maximum Gasteiger partial charge on any atom is 0.237 e. The molecule has 0 aromatic heterocycles. The van der Waals surface area contributed by atoms with Gasteiger partial charge in [0.2, 0.25) is 11.8 Å². The Hall–Kier alpha value is -1.10. The summed E-state index contributed by atoms with van der Waals surface area (Å²) in [5.41, 5.74) is 0. The van der Waals surface area contributed by atoms with Gasteiger partial charge in [-0.25, -0.2) is 0 Å². The number of amides is 2. The highest BCUT2D eigenvalue weighted by Gasteiger charge is 2.23. The molecule has 1 atom stereocenters. The van der Waals surface area contributed by atoms with Gasteiger partial charge in [0.25, 0.3) is 0 Å². The average Bonchev–Trinajstić information content (AvgIpc) is 2.08. The molecule has 1 saturated heterocycles. The smallest absolute Gasteiger partial charge is 0.237 e. The number of carbonyl (C=O) groups is 2. The van der Waals surface area contributed by atoms with Gasteiger partial charge in [0.15, 0.2) is 0 Å². The summed E-state index contributed by atoms with van der Waals surface area (Å²) in [6.45, 7) is 5.59. The van der Waals surface area contributed by atoms with Gasteiger partial charge >= 0.3 is 0 Å². The van der Waals surface area contributed by atoms with Crippen molar-refractivity contribution in [3.05, 3.63) is 0 Å². The van der Waals surface area contributed by atoms with E-state index >= 15 is 0 Å². The molecular formula is C10H19N3O2. The number of nitrogens with one attached hydrogen (secondary N) is 3. The highest BCUT2D eigenvalue weighted by Crippen LogP contribution is 2.00. The van der Waals surface area contributed by atoms with E-state index in [4.69, 9.17) is 0 Å². The van der Waals surface area contributed by atoms with Crippen LogP contribution in [-0.2, 0) is 9.59 Å². The molecule has 15 heavy (non-hydrogen) atoms. The molecule has 1 aliphatic heterocycles. The van der Waals surface area contributed by atoms with Gasteiger partial charge in [-0.05, 0) is 13.0 Å². The first-order valence-electron chi connectivity index (χ1n) is 5.40. The molecule has 1 aliphatic rings. The second-order valence-corrected chi connectivity index (χ2v) is 4.03. The molecule has 0 aromatic rings. The number of hydrogen-bond donors (Lipinski definition) is 3. The summed E-state index contributed by atoms with van der Waals surface area (Å²) in [7, 11) is 0. The Morgan fingerprint density at radius 2 is 1.93 bits per heavy atom. The Balaban J connectivity index is 2.01. The van der Waals surface area contributed by atoms with Crippen LogP contribution in [0, 0.1) is 5.92 Å². The lowest BCUT2D eigenvalue weighted by atomic mass is 10.1. The quantitative estimate of drug-likeness (QED) is 0.526. The Morgan fingerprint density at radius 1 is 1.33 bits per heavy atom. The number of rotatable bonds is 5. The molecule has 0 unspecified atom stereocenters. The van der Waals surface area contributed by atoms with Gasteiger partial charge in [-0.1, -0.05) is 13.8 Å². The molecule has 86 valence electrons. The van der Waals surface area contributed by atoms with Gasteiger partial charge in [0.1, 0.15) is 0 Å². The lowest BCUT2D eigenvalue weighted by Gasteiger charge is -2.26. The number of carbonyl (C=O) groups excluding carboxylic acids is 2. The van der Waals surface area contributed by atoms with Crippen molar-refractivity contribution in [2.75, 3.05) is 19.6 Å². The Kier molecular flexibility index (Phi) is 4.55. The normalized spacial score (nSPS) is 19.5. The third kappa shape index (κ3) is 3.87. The summed E-state index contributed by atoms with van der Waals surface area (Å²) in [5.74, 6) is 0.0417. The van der Waals surface area contributed by atoms with E-state index in [1.54, 1.807) is 0 Å². The molecular weight excluding hydrogens is 194 g/mol. The van der Waals surface area contributed by atoms with Crippen LogP contribution in [0.1, 0.15) is 20.3 Å². The van der Waals surface area contributed by atoms with Crippen LogP contribution in [0.25, 0.3) is 0 Å². The minimum absolute atomic E-state index is 0.00556. The predicted molar refractivity (Wildman–Crippen MR) is 57.3 cm³/mol. The molecule has 5 heteroatoms.